The van der Waals surface area contributed by atoms with E-state index in [0.717, 1.165) is 47.8 Å². The molecule has 3 aromatic carbocycles. The number of hydrogen-bond acceptors (Lipinski definition) is 3. The highest BCUT2D eigenvalue weighted by atomic mass is 16.5. The van der Waals surface area contributed by atoms with Crippen LogP contribution < -0.4 is 9.47 Å². The van der Waals surface area contributed by atoms with Gasteiger partial charge in [0.25, 0.3) is 0 Å². The zero-order valence-corrected chi connectivity index (χ0v) is 18.5. The Kier molecular flexibility index (Phi) is 6.56. The summed E-state index contributed by atoms with van der Waals surface area (Å²) in [5.74, 6) is 3.33. The number of imidazole rings is 1. The van der Waals surface area contributed by atoms with Gasteiger partial charge < -0.3 is 14.0 Å². The highest BCUT2D eigenvalue weighted by Gasteiger charge is 2.12. The van der Waals surface area contributed by atoms with Crippen LogP contribution in [0, 0.1) is 0 Å². The predicted octanol–water partition coefficient (Wildman–Crippen LogP) is 6.69. The van der Waals surface area contributed by atoms with Crippen LogP contribution in [0.4, 0.5) is 0 Å². The number of nitrogens with zero attached hydrogens (tertiary/aromatic N) is 2. The van der Waals surface area contributed by atoms with Gasteiger partial charge in [-0.1, -0.05) is 38.1 Å². The van der Waals surface area contributed by atoms with Crippen molar-refractivity contribution in [2.45, 2.75) is 39.2 Å². The summed E-state index contributed by atoms with van der Waals surface area (Å²) in [6.07, 6.45) is 2.01. The lowest BCUT2D eigenvalue weighted by atomic mass is 10.0. The van der Waals surface area contributed by atoms with E-state index in [4.69, 9.17) is 14.5 Å². The maximum absolute atomic E-state index is 5.95. The molecule has 0 unspecified atom stereocenters. The largest absolute Gasteiger partial charge is 0.497 e. The monoisotopic (exact) mass is 414 g/mol. The molecule has 0 atom stereocenters. The first-order valence-electron chi connectivity index (χ1n) is 11.0. The van der Waals surface area contributed by atoms with Gasteiger partial charge in [0.15, 0.2) is 0 Å². The fraction of sp³-hybridized carbons (Fsp3) is 0.296. The third kappa shape index (κ3) is 4.91. The van der Waals surface area contributed by atoms with Gasteiger partial charge in [0.1, 0.15) is 17.3 Å². The lowest BCUT2D eigenvalue weighted by Crippen LogP contribution is -2.04. The fourth-order valence-electron chi connectivity index (χ4n) is 3.77. The molecule has 160 valence electrons. The number of benzene rings is 3. The molecule has 31 heavy (non-hydrogen) atoms. The van der Waals surface area contributed by atoms with Crippen LogP contribution >= 0.6 is 0 Å². The zero-order chi connectivity index (χ0) is 21.6. The van der Waals surface area contributed by atoms with Gasteiger partial charge in [-0.15, -0.1) is 0 Å². The number of aryl methyl sites for hydroxylation is 1. The second-order valence-electron chi connectivity index (χ2n) is 8.08. The lowest BCUT2D eigenvalue weighted by molar-refractivity contribution is 0.303. The highest BCUT2D eigenvalue weighted by Crippen LogP contribution is 2.27. The van der Waals surface area contributed by atoms with Crippen molar-refractivity contribution >= 4 is 11.0 Å². The lowest BCUT2D eigenvalue weighted by Gasteiger charge is -2.11. The number of ether oxygens (including phenoxy) is 2. The van der Waals surface area contributed by atoms with Gasteiger partial charge in [-0.3, -0.25) is 0 Å². The van der Waals surface area contributed by atoms with Crippen LogP contribution in [0.3, 0.4) is 0 Å². The van der Waals surface area contributed by atoms with Crippen molar-refractivity contribution < 1.29 is 9.47 Å². The molecule has 0 N–H and O–H groups in total. The second-order valence-corrected chi connectivity index (χ2v) is 8.08. The van der Waals surface area contributed by atoms with E-state index >= 15 is 0 Å². The summed E-state index contributed by atoms with van der Waals surface area (Å²) in [4.78, 5) is 4.90. The summed E-state index contributed by atoms with van der Waals surface area (Å²) in [6, 6.07) is 24.9. The van der Waals surface area contributed by atoms with Crippen molar-refractivity contribution in [3.05, 3.63) is 78.4 Å². The smallest absolute Gasteiger partial charge is 0.141 e. The fourth-order valence-corrected chi connectivity index (χ4v) is 3.77. The Bertz CT molecular complexity index is 1110. The molecule has 0 amide bonds. The molecule has 0 aliphatic heterocycles. The van der Waals surface area contributed by atoms with Crippen LogP contribution in [0.15, 0.2) is 72.8 Å². The van der Waals surface area contributed by atoms with Gasteiger partial charge in [-0.25, -0.2) is 4.98 Å². The van der Waals surface area contributed by atoms with Crippen LogP contribution in [0.1, 0.15) is 38.2 Å². The number of para-hydroxylation sites is 2. The van der Waals surface area contributed by atoms with E-state index < -0.39 is 0 Å². The third-order valence-corrected chi connectivity index (χ3v) is 5.59. The van der Waals surface area contributed by atoms with Crippen LogP contribution in [-0.4, -0.2) is 23.3 Å². The molecular formula is C27H30N2O2. The van der Waals surface area contributed by atoms with Crippen LogP contribution in [0.5, 0.6) is 11.5 Å². The quantitative estimate of drug-likeness (QED) is 0.286. The molecule has 1 aromatic heterocycles. The molecule has 4 aromatic rings. The van der Waals surface area contributed by atoms with E-state index in [9.17, 15) is 0 Å². The Morgan fingerprint density at radius 3 is 2.26 bits per heavy atom. The minimum absolute atomic E-state index is 0.541. The Balaban J connectivity index is 1.41. The summed E-state index contributed by atoms with van der Waals surface area (Å²) in [5, 5.41) is 0. The molecule has 1 heterocycles. The average molecular weight is 415 g/mol. The predicted molar refractivity (Wildman–Crippen MR) is 127 cm³/mol. The van der Waals surface area contributed by atoms with Crippen LogP contribution in [0.2, 0.25) is 0 Å². The second kappa shape index (κ2) is 9.69. The van der Waals surface area contributed by atoms with Crippen molar-refractivity contribution in [3.63, 3.8) is 0 Å². The average Bonchev–Trinajstić information content (AvgIpc) is 3.18. The van der Waals surface area contributed by atoms with Crippen molar-refractivity contribution in [2.75, 3.05) is 13.7 Å². The van der Waals surface area contributed by atoms with E-state index in [-0.39, 0.29) is 0 Å². The molecule has 0 aliphatic rings. The van der Waals surface area contributed by atoms with Crippen LogP contribution in [-0.2, 0) is 6.54 Å². The number of fused-ring (bicyclic) bond motifs is 1. The minimum Gasteiger partial charge on any atom is -0.497 e. The van der Waals surface area contributed by atoms with Gasteiger partial charge in [0, 0.05) is 12.1 Å². The normalized spacial score (nSPS) is 11.2. The van der Waals surface area contributed by atoms with Gasteiger partial charge >= 0.3 is 0 Å². The summed E-state index contributed by atoms with van der Waals surface area (Å²) < 4.78 is 13.6. The van der Waals surface area contributed by atoms with Gasteiger partial charge in [-0.05, 0) is 72.9 Å². The van der Waals surface area contributed by atoms with Crippen molar-refractivity contribution in [1.29, 1.82) is 0 Å². The summed E-state index contributed by atoms with van der Waals surface area (Å²) in [7, 11) is 1.69. The Morgan fingerprint density at radius 1 is 0.839 bits per heavy atom. The first-order chi connectivity index (χ1) is 15.2. The third-order valence-electron chi connectivity index (χ3n) is 5.59. The molecule has 0 spiro atoms. The van der Waals surface area contributed by atoms with E-state index in [2.05, 4.69) is 73.0 Å². The number of hydrogen-bond donors (Lipinski definition) is 0. The molecule has 4 heteroatoms. The Morgan fingerprint density at radius 2 is 1.55 bits per heavy atom. The molecule has 0 bridgehead atoms. The summed E-state index contributed by atoms with van der Waals surface area (Å²) in [6.45, 7) is 6.02. The first kappa shape index (κ1) is 21.0. The first-order valence-corrected chi connectivity index (χ1v) is 11.0. The molecule has 4 nitrogen and oxygen atoms in total. The molecule has 0 saturated carbocycles. The van der Waals surface area contributed by atoms with E-state index in [1.54, 1.807) is 7.11 Å². The maximum Gasteiger partial charge on any atom is 0.141 e. The van der Waals surface area contributed by atoms with Crippen molar-refractivity contribution in [3.8, 4) is 22.9 Å². The zero-order valence-electron chi connectivity index (χ0n) is 18.5. The van der Waals surface area contributed by atoms with Gasteiger partial charge in [0.2, 0.25) is 0 Å². The summed E-state index contributed by atoms with van der Waals surface area (Å²) in [5.41, 5.74) is 4.62. The SMILES string of the molecule is COc1ccc(-c2nc3ccccc3n2CCCCOc2ccc(C(C)C)cc2)cc1. The Hall–Kier alpha value is -3.27. The maximum atomic E-state index is 5.95. The topological polar surface area (TPSA) is 36.3 Å². The molecule has 0 aliphatic carbocycles. The molecular weight excluding hydrogens is 384 g/mol. The number of aromatic nitrogens is 2. The van der Waals surface area contributed by atoms with Crippen molar-refractivity contribution in [2.24, 2.45) is 0 Å². The van der Waals surface area contributed by atoms with E-state index in [1.807, 2.05) is 18.2 Å². The van der Waals surface area contributed by atoms with Gasteiger partial charge in [0.05, 0.1) is 24.8 Å². The highest BCUT2D eigenvalue weighted by molar-refractivity contribution is 5.80. The van der Waals surface area contributed by atoms with Crippen molar-refractivity contribution in [1.82, 2.24) is 9.55 Å². The minimum atomic E-state index is 0.541. The molecule has 0 saturated heterocycles. The van der Waals surface area contributed by atoms with Crippen LogP contribution in [0.25, 0.3) is 22.4 Å². The molecule has 0 fully saturated rings. The number of methoxy groups -OCH3 is 1. The Labute approximate surface area is 184 Å². The standard InChI is InChI=1S/C27H30N2O2/c1-20(2)21-10-16-24(17-11-21)31-19-7-6-18-29-26-9-5-4-8-25(26)28-27(29)22-12-14-23(30-3)15-13-22/h4-5,8-17,20H,6-7,18-19H2,1-3H3. The van der Waals surface area contributed by atoms with E-state index in [1.165, 1.54) is 11.1 Å². The van der Waals surface area contributed by atoms with E-state index in [0.29, 0.717) is 12.5 Å². The number of rotatable bonds is 9. The molecule has 4 rings (SSSR count). The van der Waals surface area contributed by atoms with Gasteiger partial charge in [-0.2, -0.15) is 0 Å². The molecule has 0 radical (unpaired) electrons. The number of unbranched alkanes of at least 4 members (excludes halogenated alkanes) is 1. The summed E-state index contributed by atoms with van der Waals surface area (Å²) >= 11 is 0.